The van der Waals surface area contributed by atoms with Crippen LogP contribution in [0.5, 0.6) is 0 Å². The molecule has 5 heteroatoms. The maximum atomic E-state index is 12.1. The molecular weight excluding hydrogens is 270 g/mol. The topological polar surface area (TPSA) is 45.2 Å². The maximum absolute atomic E-state index is 12.1. The van der Waals surface area contributed by atoms with Crippen molar-refractivity contribution in [1.29, 1.82) is 0 Å². The van der Waals surface area contributed by atoms with Crippen LogP contribution in [0.1, 0.15) is 28.6 Å². The van der Waals surface area contributed by atoms with Gasteiger partial charge >= 0.3 is 0 Å². The quantitative estimate of drug-likeness (QED) is 0.944. The highest BCUT2D eigenvalue weighted by Crippen LogP contribution is 2.33. The van der Waals surface area contributed by atoms with Crippen molar-refractivity contribution in [3.8, 4) is 0 Å². The second-order valence-corrected chi connectivity index (χ2v) is 5.95. The van der Waals surface area contributed by atoms with Gasteiger partial charge in [0.15, 0.2) is 0 Å². The number of nitrogens with one attached hydrogen (secondary N) is 1. The summed E-state index contributed by atoms with van der Waals surface area (Å²) in [6.45, 7) is 2.77. The van der Waals surface area contributed by atoms with Crippen LogP contribution in [0.2, 0.25) is 0 Å². The Morgan fingerprint density at radius 2 is 2.25 bits per heavy atom. The first kappa shape index (κ1) is 13.3. The summed E-state index contributed by atoms with van der Waals surface area (Å²) in [6.07, 6.45) is 0.505. The van der Waals surface area contributed by atoms with Gasteiger partial charge in [-0.25, -0.2) is 4.98 Å². The van der Waals surface area contributed by atoms with E-state index < -0.39 is 0 Å². The first-order chi connectivity index (χ1) is 9.66. The van der Waals surface area contributed by atoms with Crippen LogP contribution in [0.25, 0.3) is 0 Å². The van der Waals surface area contributed by atoms with E-state index in [4.69, 9.17) is 0 Å². The molecule has 1 aliphatic heterocycles. The van der Waals surface area contributed by atoms with Gasteiger partial charge in [0.05, 0.1) is 11.2 Å². The lowest BCUT2D eigenvalue weighted by Crippen LogP contribution is -2.37. The van der Waals surface area contributed by atoms with Crippen LogP contribution < -0.4 is 10.2 Å². The van der Waals surface area contributed by atoms with Crippen LogP contribution in [-0.2, 0) is 11.3 Å². The zero-order chi connectivity index (χ0) is 14.1. The molecule has 0 bridgehead atoms. The Morgan fingerprint density at radius 1 is 1.45 bits per heavy atom. The maximum Gasteiger partial charge on any atom is 0.228 e. The van der Waals surface area contributed by atoms with E-state index in [0.29, 0.717) is 6.42 Å². The average molecular weight is 287 g/mol. The number of carbonyl (C=O) groups is 1. The summed E-state index contributed by atoms with van der Waals surface area (Å²) in [5.74, 6) is 0.155. The van der Waals surface area contributed by atoms with Crippen molar-refractivity contribution in [3.05, 3.63) is 45.9 Å². The molecule has 20 heavy (non-hydrogen) atoms. The molecule has 3 rings (SSSR count). The number of aromatic nitrogens is 1. The van der Waals surface area contributed by atoms with E-state index in [1.807, 2.05) is 37.7 Å². The molecular formula is C15H17N3OS. The van der Waals surface area contributed by atoms with E-state index in [2.05, 4.69) is 16.4 Å². The molecule has 0 radical (unpaired) electrons. The number of rotatable bonds is 3. The highest BCUT2D eigenvalue weighted by Gasteiger charge is 2.28. The Morgan fingerprint density at radius 3 is 3.00 bits per heavy atom. The third-order valence-electron chi connectivity index (χ3n) is 3.78. The summed E-state index contributed by atoms with van der Waals surface area (Å²) in [6, 6.07) is 8.17. The minimum atomic E-state index is 0.0800. The largest absolute Gasteiger partial charge is 0.315 e. The molecule has 1 unspecified atom stereocenters. The number of carbonyl (C=O) groups excluding carboxylic acids is 1. The van der Waals surface area contributed by atoms with Crippen LogP contribution >= 0.6 is 11.3 Å². The number of fused-ring (bicyclic) bond motifs is 1. The standard InChI is InChI=1S/C15H17N3OS/c1-10-14(20-9-17-10)8-16-12-7-15(19)18(2)13-6-4-3-5-11(12)13/h3-6,9,12,16H,7-8H2,1-2H3. The number of amides is 1. The fourth-order valence-electron chi connectivity index (χ4n) is 2.54. The minimum Gasteiger partial charge on any atom is -0.315 e. The summed E-state index contributed by atoms with van der Waals surface area (Å²) >= 11 is 1.65. The first-order valence-electron chi connectivity index (χ1n) is 6.64. The van der Waals surface area contributed by atoms with Gasteiger partial charge in [-0.1, -0.05) is 18.2 Å². The Kier molecular flexibility index (Phi) is 3.54. The Labute approximate surface area is 122 Å². The number of hydrogen-bond donors (Lipinski definition) is 1. The van der Waals surface area contributed by atoms with Gasteiger partial charge in [-0.05, 0) is 18.6 Å². The molecule has 2 aromatic rings. The lowest BCUT2D eigenvalue weighted by molar-refractivity contribution is -0.119. The average Bonchev–Trinajstić information content (AvgIpc) is 2.87. The molecule has 0 fully saturated rings. The van der Waals surface area contributed by atoms with Gasteiger partial charge in [-0.2, -0.15) is 0 Å². The van der Waals surface area contributed by atoms with Gasteiger partial charge in [0.2, 0.25) is 5.91 Å². The van der Waals surface area contributed by atoms with Crippen molar-refractivity contribution in [1.82, 2.24) is 10.3 Å². The van der Waals surface area contributed by atoms with Crippen molar-refractivity contribution >= 4 is 22.9 Å². The fourth-order valence-corrected chi connectivity index (χ4v) is 3.27. The summed E-state index contributed by atoms with van der Waals surface area (Å²) in [5, 5.41) is 3.49. The Balaban J connectivity index is 1.82. The first-order valence-corrected chi connectivity index (χ1v) is 7.52. The summed E-state index contributed by atoms with van der Waals surface area (Å²) in [5.41, 5.74) is 5.12. The molecule has 0 saturated heterocycles. The lowest BCUT2D eigenvalue weighted by atomic mass is 9.96. The molecule has 1 aromatic carbocycles. The van der Waals surface area contributed by atoms with Gasteiger partial charge in [0.25, 0.3) is 0 Å². The molecule has 1 N–H and O–H groups in total. The van der Waals surface area contributed by atoms with E-state index in [9.17, 15) is 4.79 Å². The molecule has 1 amide bonds. The molecule has 2 heterocycles. The van der Waals surface area contributed by atoms with Gasteiger partial charge in [-0.15, -0.1) is 11.3 Å². The second-order valence-electron chi connectivity index (χ2n) is 5.01. The van der Waals surface area contributed by atoms with Crippen LogP contribution in [0.3, 0.4) is 0 Å². The number of hydrogen-bond acceptors (Lipinski definition) is 4. The van der Waals surface area contributed by atoms with Crippen molar-refractivity contribution in [3.63, 3.8) is 0 Å². The normalized spacial score (nSPS) is 18.2. The van der Waals surface area contributed by atoms with Gasteiger partial charge in [-0.3, -0.25) is 4.79 Å². The summed E-state index contributed by atoms with van der Waals surface area (Å²) in [7, 11) is 1.84. The zero-order valence-corrected chi connectivity index (χ0v) is 12.4. The highest BCUT2D eigenvalue weighted by molar-refractivity contribution is 7.09. The van der Waals surface area contributed by atoms with Gasteiger partial charge < -0.3 is 10.2 Å². The van der Waals surface area contributed by atoms with Crippen LogP contribution in [0.4, 0.5) is 5.69 Å². The van der Waals surface area contributed by atoms with Gasteiger partial charge in [0, 0.05) is 36.6 Å². The highest BCUT2D eigenvalue weighted by atomic mass is 32.1. The molecule has 104 valence electrons. The smallest absolute Gasteiger partial charge is 0.228 e. The number of anilines is 1. The third kappa shape index (κ3) is 2.34. The lowest BCUT2D eigenvalue weighted by Gasteiger charge is -2.32. The van der Waals surface area contributed by atoms with Crippen molar-refractivity contribution in [2.24, 2.45) is 0 Å². The second kappa shape index (κ2) is 5.34. The van der Waals surface area contributed by atoms with Crippen LogP contribution in [0.15, 0.2) is 29.8 Å². The van der Waals surface area contributed by atoms with Crippen LogP contribution in [0, 0.1) is 6.92 Å². The predicted octanol–water partition coefficient (Wildman–Crippen LogP) is 2.65. The number of aryl methyl sites for hydroxylation is 1. The monoisotopic (exact) mass is 287 g/mol. The molecule has 1 aliphatic rings. The van der Waals surface area contributed by atoms with E-state index in [0.717, 1.165) is 17.9 Å². The number of thiazole rings is 1. The van der Waals surface area contributed by atoms with E-state index >= 15 is 0 Å². The fraction of sp³-hybridized carbons (Fsp3) is 0.333. The number of para-hydroxylation sites is 1. The Bertz CT molecular complexity index is 638. The minimum absolute atomic E-state index is 0.0800. The van der Waals surface area contributed by atoms with E-state index in [1.165, 1.54) is 10.4 Å². The molecule has 0 aliphatic carbocycles. The SMILES string of the molecule is Cc1ncsc1CNC1CC(=O)N(C)c2ccccc21. The van der Waals surface area contributed by atoms with E-state index in [-0.39, 0.29) is 11.9 Å². The molecule has 1 aromatic heterocycles. The zero-order valence-electron chi connectivity index (χ0n) is 11.6. The molecule has 0 spiro atoms. The van der Waals surface area contributed by atoms with Crippen LogP contribution in [-0.4, -0.2) is 17.9 Å². The van der Waals surface area contributed by atoms with Crippen molar-refractivity contribution in [2.45, 2.75) is 25.9 Å². The number of benzene rings is 1. The van der Waals surface area contributed by atoms with E-state index in [1.54, 1.807) is 16.2 Å². The van der Waals surface area contributed by atoms with Crippen molar-refractivity contribution in [2.75, 3.05) is 11.9 Å². The molecule has 4 nitrogen and oxygen atoms in total. The Hall–Kier alpha value is -1.72. The summed E-state index contributed by atoms with van der Waals surface area (Å²) in [4.78, 5) is 19.3. The molecule has 0 saturated carbocycles. The third-order valence-corrected chi connectivity index (χ3v) is 4.72. The predicted molar refractivity (Wildman–Crippen MR) is 80.9 cm³/mol. The van der Waals surface area contributed by atoms with Gasteiger partial charge in [0.1, 0.15) is 0 Å². The number of nitrogens with zero attached hydrogens (tertiary/aromatic N) is 2. The van der Waals surface area contributed by atoms with Crippen molar-refractivity contribution < 1.29 is 4.79 Å². The molecule has 1 atom stereocenters. The summed E-state index contributed by atoms with van der Waals surface area (Å²) < 4.78 is 0.